The van der Waals surface area contributed by atoms with Crippen LogP contribution < -0.4 is 5.32 Å². The Bertz CT molecular complexity index is 633. The average Bonchev–Trinajstić information content (AvgIpc) is 2.92. The summed E-state index contributed by atoms with van der Waals surface area (Å²) in [6.07, 6.45) is 0. The molecule has 0 bridgehead atoms. The minimum absolute atomic E-state index is 0.109. The predicted molar refractivity (Wildman–Crippen MR) is 82.8 cm³/mol. The van der Waals surface area contributed by atoms with Crippen LogP contribution in [0.15, 0.2) is 23.6 Å². The molecule has 0 saturated carbocycles. The van der Waals surface area contributed by atoms with Crippen LogP contribution in [0, 0.1) is 10.1 Å². The molecule has 0 amide bonds. The summed E-state index contributed by atoms with van der Waals surface area (Å²) in [5, 5.41) is 17.0. The molecule has 0 saturated heterocycles. The van der Waals surface area contributed by atoms with E-state index in [2.05, 4.69) is 10.3 Å². The summed E-state index contributed by atoms with van der Waals surface area (Å²) >= 11 is 7.30. The van der Waals surface area contributed by atoms with Crippen LogP contribution in [0.3, 0.4) is 0 Å². The molecule has 0 aliphatic rings. The maximum Gasteiger partial charge on any atom is 0.288 e. The van der Waals surface area contributed by atoms with E-state index in [1.54, 1.807) is 13.2 Å². The van der Waals surface area contributed by atoms with E-state index in [1.165, 1.54) is 23.5 Å². The summed E-state index contributed by atoms with van der Waals surface area (Å²) in [5.41, 5.74) is 1.29. The molecular weight excluding hydrogens is 314 g/mol. The second kappa shape index (κ2) is 7.46. The lowest BCUT2D eigenvalue weighted by molar-refractivity contribution is -0.384. The third kappa shape index (κ3) is 4.21. The van der Waals surface area contributed by atoms with Gasteiger partial charge in [0.05, 0.1) is 17.2 Å². The second-order valence-corrected chi connectivity index (χ2v) is 5.57. The van der Waals surface area contributed by atoms with E-state index in [0.717, 1.165) is 11.6 Å². The van der Waals surface area contributed by atoms with Gasteiger partial charge in [-0.25, -0.2) is 4.98 Å². The van der Waals surface area contributed by atoms with Gasteiger partial charge in [-0.05, 0) is 6.07 Å². The predicted octanol–water partition coefficient (Wildman–Crippen LogP) is 3.11. The summed E-state index contributed by atoms with van der Waals surface area (Å²) in [6.45, 7) is 2.03. The van der Waals surface area contributed by atoms with E-state index >= 15 is 0 Å². The SMILES string of the molecule is COCCNCc1nc(-c2ccc(Cl)c([N+](=O)[O-])c2)cs1. The zero-order valence-corrected chi connectivity index (χ0v) is 12.9. The number of rotatable bonds is 7. The average molecular weight is 328 g/mol. The summed E-state index contributed by atoms with van der Waals surface area (Å²) < 4.78 is 4.95. The van der Waals surface area contributed by atoms with Crippen molar-refractivity contribution in [2.75, 3.05) is 20.3 Å². The largest absolute Gasteiger partial charge is 0.383 e. The molecule has 0 unspecified atom stereocenters. The van der Waals surface area contributed by atoms with E-state index in [0.29, 0.717) is 24.4 Å². The molecule has 0 aliphatic heterocycles. The molecule has 6 nitrogen and oxygen atoms in total. The van der Waals surface area contributed by atoms with E-state index < -0.39 is 4.92 Å². The lowest BCUT2D eigenvalue weighted by atomic mass is 10.1. The van der Waals surface area contributed by atoms with Gasteiger partial charge in [-0.2, -0.15) is 0 Å². The smallest absolute Gasteiger partial charge is 0.288 e. The van der Waals surface area contributed by atoms with E-state index in [-0.39, 0.29) is 10.7 Å². The van der Waals surface area contributed by atoms with Crippen LogP contribution >= 0.6 is 22.9 Å². The number of nitrogens with zero attached hydrogens (tertiary/aromatic N) is 2. The maximum absolute atomic E-state index is 10.9. The fourth-order valence-corrected chi connectivity index (χ4v) is 2.67. The summed E-state index contributed by atoms with van der Waals surface area (Å²) in [7, 11) is 1.65. The number of thiazole rings is 1. The van der Waals surface area contributed by atoms with E-state index in [4.69, 9.17) is 16.3 Å². The highest BCUT2D eigenvalue weighted by atomic mass is 35.5. The molecule has 1 N–H and O–H groups in total. The molecule has 0 aliphatic carbocycles. The Hall–Kier alpha value is -1.54. The Morgan fingerprint density at radius 2 is 2.33 bits per heavy atom. The number of ether oxygens (including phenoxy) is 1. The minimum atomic E-state index is -0.495. The third-order valence-corrected chi connectivity index (χ3v) is 3.92. The van der Waals surface area contributed by atoms with Crippen molar-refractivity contribution in [3.8, 4) is 11.3 Å². The Morgan fingerprint density at radius 3 is 3.05 bits per heavy atom. The van der Waals surface area contributed by atoms with Gasteiger partial charge in [-0.3, -0.25) is 10.1 Å². The van der Waals surface area contributed by atoms with Gasteiger partial charge in [0.1, 0.15) is 10.0 Å². The van der Waals surface area contributed by atoms with Crippen molar-refractivity contribution in [2.45, 2.75) is 6.54 Å². The Kier molecular flexibility index (Phi) is 5.63. The van der Waals surface area contributed by atoms with Gasteiger partial charge in [-0.15, -0.1) is 11.3 Å². The molecule has 21 heavy (non-hydrogen) atoms. The van der Waals surface area contributed by atoms with Crippen LogP contribution in [0.1, 0.15) is 5.01 Å². The molecule has 112 valence electrons. The van der Waals surface area contributed by atoms with Crippen molar-refractivity contribution in [3.63, 3.8) is 0 Å². The maximum atomic E-state index is 10.9. The zero-order valence-electron chi connectivity index (χ0n) is 11.3. The van der Waals surface area contributed by atoms with Crippen molar-refractivity contribution in [1.29, 1.82) is 0 Å². The van der Waals surface area contributed by atoms with Crippen molar-refractivity contribution in [2.24, 2.45) is 0 Å². The van der Waals surface area contributed by atoms with Gasteiger partial charge in [0.25, 0.3) is 5.69 Å². The molecule has 1 heterocycles. The van der Waals surface area contributed by atoms with Crippen LogP contribution in [0.5, 0.6) is 0 Å². The number of nitro groups is 1. The number of nitrogens with one attached hydrogen (secondary N) is 1. The number of benzene rings is 1. The second-order valence-electron chi connectivity index (χ2n) is 4.22. The molecule has 1 aromatic heterocycles. The number of hydrogen-bond donors (Lipinski definition) is 1. The van der Waals surface area contributed by atoms with Gasteiger partial charge in [0.15, 0.2) is 0 Å². The molecule has 8 heteroatoms. The number of methoxy groups -OCH3 is 1. The lowest BCUT2D eigenvalue weighted by Gasteiger charge is -2.01. The van der Waals surface area contributed by atoms with Gasteiger partial charge in [0.2, 0.25) is 0 Å². The van der Waals surface area contributed by atoms with Gasteiger partial charge < -0.3 is 10.1 Å². The molecule has 0 spiro atoms. The molecule has 1 aromatic carbocycles. The summed E-state index contributed by atoms with van der Waals surface area (Å²) in [6, 6.07) is 4.69. The zero-order chi connectivity index (χ0) is 15.2. The fraction of sp³-hybridized carbons (Fsp3) is 0.308. The highest BCUT2D eigenvalue weighted by Gasteiger charge is 2.14. The van der Waals surface area contributed by atoms with Crippen LogP contribution in [0.25, 0.3) is 11.3 Å². The van der Waals surface area contributed by atoms with Crippen LogP contribution in [0.4, 0.5) is 5.69 Å². The molecule has 2 rings (SSSR count). The number of aromatic nitrogens is 1. The Morgan fingerprint density at radius 1 is 1.52 bits per heavy atom. The summed E-state index contributed by atoms with van der Waals surface area (Å²) in [5.74, 6) is 0. The quantitative estimate of drug-likeness (QED) is 0.480. The number of halogens is 1. The normalized spacial score (nSPS) is 10.8. The van der Waals surface area contributed by atoms with Crippen molar-refractivity contribution in [3.05, 3.63) is 43.7 Å². The number of hydrogen-bond acceptors (Lipinski definition) is 6. The standard InChI is InChI=1S/C13H14ClN3O3S/c1-20-5-4-15-7-13-16-11(8-21-13)9-2-3-10(14)12(6-9)17(18)19/h2-3,6,8,15H,4-5,7H2,1H3. The molecule has 0 fully saturated rings. The van der Waals surface area contributed by atoms with E-state index in [1.807, 2.05) is 5.38 Å². The molecular formula is C13H14ClN3O3S. The van der Waals surface area contributed by atoms with E-state index in [9.17, 15) is 10.1 Å². The van der Waals surface area contributed by atoms with Crippen molar-refractivity contribution < 1.29 is 9.66 Å². The summed E-state index contributed by atoms with van der Waals surface area (Å²) in [4.78, 5) is 14.9. The lowest BCUT2D eigenvalue weighted by Crippen LogP contribution is -2.18. The van der Waals surface area contributed by atoms with Gasteiger partial charge in [0, 0.05) is 37.2 Å². The van der Waals surface area contributed by atoms with Crippen molar-refractivity contribution in [1.82, 2.24) is 10.3 Å². The molecule has 0 radical (unpaired) electrons. The topological polar surface area (TPSA) is 77.3 Å². The third-order valence-electron chi connectivity index (χ3n) is 2.75. The Balaban J connectivity index is 2.10. The highest BCUT2D eigenvalue weighted by molar-refractivity contribution is 7.09. The first kappa shape index (κ1) is 15.8. The van der Waals surface area contributed by atoms with Crippen LogP contribution in [-0.2, 0) is 11.3 Å². The highest BCUT2D eigenvalue weighted by Crippen LogP contribution is 2.30. The minimum Gasteiger partial charge on any atom is -0.383 e. The first-order chi connectivity index (χ1) is 10.1. The number of nitro benzene ring substituents is 1. The van der Waals surface area contributed by atoms with Crippen LogP contribution in [-0.4, -0.2) is 30.2 Å². The monoisotopic (exact) mass is 327 g/mol. The van der Waals surface area contributed by atoms with Crippen LogP contribution in [0.2, 0.25) is 5.02 Å². The molecule has 2 aromatic rings. The van der Waals surface area contributed by atoms with Gasteiger partial charge in [-0.1, -0.05) is 17.7 Å². The Labute approximate surface area is 130 Å². The fourth-order valence-electron chi connectivity index (χ4n) is 1.71. The van der Waals surface area contributed by atoms with Gasteiger partial charge >= 0.3 is 0 Å². The first-order valence-corrected chi connectivity index (χ1v) is 7.46. The molecule has 0 atom stereocenters. The first-order valence-electron chi connectivity index (χ1n) is 6.20. The van der Waals surface area contributed by atoms with Crippen molar-refractivity contribution >= 4 is 28.6 Å².